The standard InChI is InChI=1S/C22H26N6O3S/c29-17-7-4-8-28(13-17)22-25-19-18(20(26-22)27-9-11-32(30)12-10-27)23-15-24-21(19)31-14-16-5-2-1-3-6-16/h1-3,5-6,15,17,29H,4,7-14H2. The summed E-state index contributed by atoms with van der Waals surface area (Å²) in [5, 5.41) is 10.2. The Labute approximate surface area is 188 Å². The molecule has 1 aromatic carbocycles. The molecule has 1 N–H and O–H groups in total. The molecule has 0 spiro atoms. The molecule has 10 heteroatoms. The fourth-order valence-electron chi connectivity index (χ4n) is 4.08. The van der Waals surface area contributed by atoms with E-state index in [2.05, 4.69) is 14.9 Å². The zero-order chi connectivity index (χ0) is 21.9. The summed E-state index contributed by atoms with van der Waals surface area (Å²) in [4.78, 5) is 22.6. The van der Waals surface area contributed by atoms with Crippen molar-refractivity contribution >= 4 is 33.6 Å². The number of fused-ring (bicyclic) bond motifs is 1. The summed E-state index contributed by atoms with van der Waals surface area (Å²) < 4.78 is 17.9. The van der Waals surface area contributed by atoms with E-state index >= 15 is 0 Å². The molecular weight excluding hydrogens is 428 g/mol. The second-order valence-electron chi connectivity index (χ2n) is 8.07. The summed E-state index contributed by atoms with van der Waals surface area (Å²) in [5.74, 6) is 2.85. The Kier molecular flexibility index (Phi) is 6.13. The Morgan fingerprint density at radius 1 is 1.03 bits per heavy atom. The van der Waals surface area contributed by atoms with E-state index in [1.165, 1.54) is 6.33 Å². The number of anilines is 2. The van der Waals surface area contributed by atoms with Crippen LogP contribution in [0.25, 0.3) is 11.0 Å². The average molecular weight is 455 g/mol. The molecule has 4 heterocycles. The Balaban J connectivity index is 1.55. The molecule has 2 saturated heterocycles. The average Bonchev–Trinajstić information content (AvgIpc) is 2.83. The first-order chi connectivity index (χ1) is 15.7. The van der Waals surface area contributed by atoms with Crippen LogP contribution in [0, 0.1) is 0 Å². The number of aliphatic hydroxyl groups is 1. The van der Waals surface area contributed by atoms with E-state index in [0.29, 0.717) is 66.4 Å². The van der Waals surface area contributed by atoms with Crippen molar-refractivity contribution in [3.8, 4) is 5.88 Å². The molecule has 2 fully saturated rings. The lowest BCUT2D eigenvalue weighted by Crippen LogP contribution is -2.41. The van der Waals surface area contributed by atoms with Gasteiger partial charge in [0.1, 0.15) is 18.5 Å². The lowest BCUT2D eigenvalue weighted by molar-refractivity contribution is 0.153. The highest BCUT2D eigenvalue weighted by atomic mass is 32.2. The van der Waals surface area contributed by atoms with Crippen molar-refractivity contribution in [2.75, 3.05) is 47.5 Å². The number of hydrogen-bond donors (Lipinski definition) is 1. The van der Waals surface area contributed by atoms with Gasteiger partial charge in [-0.15, -0.1) is 0 Å². The molecular formula is C22H26N6O3S. The van der Waals surface area contributed by atoms with E-state index in [1.54, 1.807) is 0 Å². The van der Waals surface area contributed by atoms with Crippen molar-refractivity contribution < 1.29 is 14.1 Å². The van der Waals surface area contributed by atoms with Gasteiger partial charge < -0.3 is 19.6 Å². The van der Waals surface area contributed by atoms with Crippen molar-refractivity contribution in [2.24, 2.45) is 0 Å². The van der Waals surface area contributed by atoms with Crippen molar-refractivity contribution in [3.05, 3.63) is 42.2 Å². The lowest BCUT2D eigenvalue weighted by atomic mass is 10.1. The van der Waals surface area contributed by atoms with E-state index in [9.17, 15) is 9.32 Å². The lowest BCUT2D eigenvalue weighted by Gasteiger charge is -2.32. The number of β-amino-alcohol motifs (C(OH)–C–C–N with tert-alkyl or cyclic N) is 1. The maximum absolute atomic E-state index is 11.9. The second-order valence-corrected chi connectivity index (χ2v) is 9.77. The topological polar surface area (TPSA) is 105 Å². The fraction of sp³-hybridized carbons (Fsp3) is 0.455. The van der Waals surface area contributed by atoms with Crippen LogP contribution in [-0.4, -0.2) is 73.0 Å². The third-order valence-electron chi connectivity index (χ3n) is 5.79. The van der Waals surface area contributed by atoms with E-state index < -0.39 is 16.9 Å². The monoisotopic (exact) mass is 454 g/mol. The van der Waals surface area contributed by atoms with Gasteiger partial charge in [-0.1, -0.05) is 30.3 Å². The second kappa shape index (κ2) is 9.33. The van der Waals surface area contributed by atoms with Gasteiger partial charge in [0.15, 0.2) is 11.3 Å². The zero-order valence-corrected chi connectivity index (χ0v) is 18.6. The number of ether oxygens (including phenoxy) is 1. The maximum Gasteiger partial charge on any atom is 0.244 e. The molecule has 32 heavy (non-hydrogen) atoms. The number of hydrogen-bond acceptors (Lipinski definition) is 9. The number of piperidine rings is 1. The molecule has 1 unspecified atom stereocenters. The van der Waals surface area contributed by atoms with Gasteiger partial charge >= 0.3 is 0 Å². The Morgan fingerprint density at radius 3 is 2.62 bits per heavy atom. The highest BCUT2D eigenvalue weighted by Crippen LogP contribution is 2.31. The zero-order valence-electron chi connectivity index (χ0n) is 17.8. The summed E-state index contributed by atoms with van der Waals surface area (Å²) in [6.45, 7) is 2.92. The molecule has 5 rings (SSSR count). The van der Waals surface area contributed by atoms with Gasteiger partial charge in [0.25, 0.3) is 0 Å². The minimum absolute atomic E-state index is 0.368. The molecule has 0 aliphatic carbocycles. The molecule has 1 atom stereocenters. The van der Waals surface area contributed by atoms with Crippen molar-refractivity contribution in [1.29, 1.82) is 0 Å². The molecule has 168 valence electrons. The third kappa shape index (κ3) is 4.51. The van der Waals surface area contributed by atoms with Crippen LogP contribution in [0.1, 0.15) is 18.4 Å². The number of benzene rings is 1. The van der Waals surface area contributed by atoms with E-state index in [-0.39, 0.29) is 0 Å². The van der Waals surface area contributed by atoms with Gasteiger partial charge in [-0.05, 0) is 18.4 Å². The van der Waals surface area contributed by atoms with Gasteiger partial charge in [-0.3, -0.25) is 4.21 Å². The molecule has 0 radical (unpaired) electrons. The van der Waals surface area contributed by atoms with E-state index in [0.717, 1.165) is 24.9 Å². The number of aromatic nitrogens is 4. The summed E-state index contributed by atoms with van der Waals surface area (Å²) in [7, 11) is -0.797. The summed E-state index contributed by atoms with van der Waals surface area (Å²) in [6, 6.07) is 9.90. The highest BCUT2D eigenvalue weighted by Gasteiger charge is 2.26. The van der Waals surface area contributed by atoms with Gasteiger partial charge in [-0.2, -0.15) is 9.97 Å². The molecule has 3 aromatic rings. The van der Waals surface area contributed by atoms with Crippen LogP contribution in [-0.2, 0) is 17.4 Å². The van der Waals surface area contributed by atoms with Crippen LogP contribution >= 0.6 is 0 Å². The van der Waals surface area contributed by atoms with Gasteiger partial charge in [0, 0.05) is 48.5 Å². The van der Waals surface area contributed by atoms with Crippen molar-refractivity contribution in [2.45, 2.75) is 25.6 Å². The van der Waals surface area contributed by atoms with Crippen LogP contribution in [0.2, 0.25) is 0 Å². The number of aliphatic hydroxyl groups excluding tert-OH is 1. The van der Waals surface area contributed by atoms with Crippen LogP contribution in [0.3, 0.4) is 0 Å². The number of nitrogens with zero attached hydrogens (tertiary/aromatic N) is 6. The van der Waals surface area contributed by atoms with Crippen molar-refractivity contribution in [1.82, 2.24) is 19.9 Å². The molecule has 9 nitrogen and oxygen atoms in total. The first-order valence-corrected chi connectivity index (χ1v) is 12.4. The van der Waals surface area contributed by atoms with Crippen LogP contribution in [0.4, 0.5) is 11.8 Å². The molecule has 2 aliphatic rings. The summed E-state index contributed by atoms with van der Waals surface area (Å²) in [5.41, 5.74) is 2.21. The predicted octanol–water partition coefficient (Wildman–Crippen LogP) is 1.53. The molecule has 0 amide bonds. The Bertz CT molecular complexity index is 1110. The highest BCUT2D eigenvalue weighted by molar-refractivity contribution is 7.85. The van der Waals surface area contributed by atoms with Gasteiger partial charge in [0.2, 0.25) is 11.8 Å². The van der Waals surface area contributed by atoms with Gasteiger partial charge in [0.05, 0.1) is 6.10 Å². The Hall–Kier alpha value is -2.85. The third-order valence-corrected chi connectivity index (χ3v) is 7.07. The molecule has 2 aromatic heterocycles. The van der Waals surface area contributed by atoms with Crippen LogP contribution in [0.5, 0.6) is 5.88 Å². The molecule has 0 saturated carbocycles. The normalized spacial score (nSPS) is 20.0. The fourth-order valence-corrected chi connectivity index (χ4v) is 5.13. The minimum atomic E-state index is -0.797. The van der Waals surface area contributed by atoms with Gasteiger partial charge in [-0.25, -0.2) is 9.97 Å². The smallest absolute Gasteiger partial charge is 0.244 e. The van der Waals surface area contributed by atoms with Crippen molar-refractivity contribution in [3.63, 3.8) is 0 Å². The molecule has 2 aliphatic heterocycles. The SMILES string of the molecule is O=S1CCN(c2nc(N3CCCC(O)C3)nc3c(OCc4ccccc4)ncnc23)CC1. The maximum atomic E-state index is 11.9. The number of rotatable bonds is 5. The summed E-state index contributed by atoms with van der Waals surface area (Å²) in [6.07, 6.45) is 2.74. The van der Waals surface area contributed by atoms with Crippen LogP contribution in [0.15, 0.2) is 36.7 Å². The predicted molar refractivity (Wildman–Crippen MR) is 123 cm³/mol. The van der Waals surface area contributed by atoms with E-state index in [4.69, 9.17) is 14.7 Å². The van der Waals surface area contributed by atoms with E-state index in [1.807, 2.05) is 35.2 Å². The van der Waals surface area contributed by atoms with Crippen LogP contribution < -0.4 is 14.5 Å². The minimum Gasteiger partial charge on any atom is -0.471 e. The quantitative estimate of drug-likeness (QED) is 0.614. The summed E-state index contributed by atoms with van der Waals surface area (Å²) >= 11 is 0. The first-order valence-electron chi connectivity index (χ1n) is 10.9. The largest absolute Gasteiger partial charge is 0.471 e. The molecule has 0 bridgehead atoms. The first kappa shape index (κ1) is 21.0. The Morgan fingerprint density at radius 2 is 1.84 bits per heavy atom.